The van der Waals surface area contributed by atoms with Crippen LogP contribution in [0.2, 0.25) is 0 Å². The number of halogens is 4. The summed E-state index contributed by atoms with van der Waals surface area (Å²) in [7, 11) is -3.96. The molecule has 1 atom stereocenters. The van der Waals surface area contributed by atoms with Crippen molar-refractivity contribution < 1.29 is 30.7 Å². The minimum atomic E-state index is -4.61. The number of fused-ring (bicyclic) bond motifs is 1. The largest absolute Gasteiger partial charge is 0.487 e. The highest BCUT2D eigenvalue weighted by molar-refractivity contribution is 7.93. The van der Waals surface area contributed by atoms with E-state index in [0.717, 1.165) is 23.5 Å². The van der Waals surface area contributed by atoms with E-state index in [1.807, 2.05) is 0 Å². The van der Waals surface area contributed by atoms with Gasteiger partial charge in [0.25, 0.3) is 10.0 Å². The summed E-state index contributed by atoms with van der Waals surface area (Å²) in [5.41, 5.74) is -2.62. The summed E-state index contributed by atoms with van der Waals surface area (Å²) in [6, 6.07) is 7.57. The van der Waals surface area contributed by atoms with Gasteiger partial charge in [0.05, 0.1) is 10.5 Å². The Hall–Kier alpha value is -2.70. The van der Waals surface area contributed by atoms with Crippen LogP contribution in [0.5, 0.6) is 5.75 Å². The molecule has 192 valence electrons. The van der Waals surface area contributed by atoms with Crippen LogP contribution in [0.4, 0.5) is 22.7 Å². The van der Waals surface area contributed by atoms with Gasteiger partial charge in [-0.1, -0.05) is 12.1 Å². The number of alkyl halides is 4. The Balaban J connectivity index is 1.60. The maximum Gasteiger partial charge on any atom is 0.416 e. The van der Waals surface area contributed by atoms with Crippen LogP contribution < -0.4 is 14.8 Å². The number of ether oxygens (including phenoxy) is 1. The first-order chi connectivity index (χ1) is 16.8. The highest BCUT2D eigenvalue weighted by atomic mass is 32.2. The van der Waals surface area contributed by atoms with E-state index >= 15 is 4.39 Å². The van der Waals surface area contributed by atoms with Crippen LogP contribution in [-0.4, -0.2) is 32.1 Å². The summed E-state index contributed by atoms with van der Waals surface area (Å²) < 4.78 is 90.4. The van der Waals surface area contributed by atoms with Crippen LogP contribution in [0.3, 0.4) is 0 Å². The smallest absolute Gasteiger partial charge is 0.416 e. The van der Waals surface area contributed by atoms with E-state index in [1.54, 1.807) is 25.3 Å². The maximum absolute atomic E-state index is 15.6. The molecular weight excluding hydrogens is 518 g/mol. The van der Waals surface area contributed by atoms with Gasteiger partial charge < -0.3 is 10.1 Å². The van der Waals surface area contributed by atoms with Crippen molar-refractivity contribution in [2.24, 2.45) is 0 Å². The molecule has 3 heterocycles. The minimum absolute atomic E-state index is 0.00754. The monoisotopic (exact) mass is 541 g/mol. The number of benzene rings is 2. The van der Waals surface area contributed by atoms with Crippen molar-refractivity contribution in [1.29, 1.82) is 0 Å². The lowest BCUT2D eigenvalue weighted by atomic mass is 9.74. The molecule has 5 rings (SSSR count). The number of anilines is 1. The third-order valence-corrected chi connectivity index (χ3v) is 8.61. The molecule has 2 N–H and O–H groups in total. The van der Waals surface area contributed by atoms with Gasteiger partial charge >= 0.3 is 6.18 Å². The molecular formula is C24H23F4N3O3S2. The SMILES string of the molecule is CC1(C)CC(c2ccc(C(F)(F)F)cc2C2(F)CNC2)c2ccc(S(=O)(=O)Nc3nccs3)cc2O1. The van der Waals surface area contributed by atoms with Crippen LogP contribution in [0.1, 0.15) is 48.4 Å². The number of hydrogen-bond acceptors (Lipinski definition) is 6. The number of aromatic nitrogens is 1. The van der Waals surface area contributed by atoms with E-state index in [-0.39, 0.29) is 34.4 Å². The number of thiazole rings is 1. The summed E-state index contributed by atoms with van der Waals surface area (Å²) in [4.78, 5) is 3.89. The van der Waals surface area contributed by atoms with Gasteiger partial charge in [-0.15, -0.1) is 11.3 Å². The van der Waals surface area contributed by atoms with E-state index in [0.29, 0.717) is 17.5 Å². The van der Waals surface area contributed by atoms with Crippen LogP contribution in [-0.2, 0) is 21.9 Å². The highest BCUT2D eigenvalue weighted by Crippen LogP contribution is 2.49. The van der Waals surface area contributed by atoms with Gasteiger partial charge in [-0.3, -0.25) is 4.72 Å². The number of nitrogens with one attached hydrogen (secondary N) is 2. The van der Waals surface area contributed by atoms with Crippen LogP contribution in [0.25, 0.3) is 0 Å². The fourth-order valence-corrected chi connectivity index (χ4v) is 6.49. The Bertz CT molecular complexity index is 1400. The molecule has 36 heavy (non-hydrogen) atoms. The normalized spacial score (nSPS) is 20.7. The second-order valence-corrected chi connectivity index (χ2v) is 12.2. The van der Waals surface area contributed by atoms with E-state index in [1.165, 1.54) is 24.4 Å². The lowest BCUT2D eigenvalue weighted by molar-refractivity contribution is -0.137. The summed E-state index contributed by atoms with van der Waals surface area (Å²) in [5.74, 6) is -0.221. The molecule has 12 heteroatoms. The Kier molecular flexibility index (Phi) is 5.84. The van der Waals surface area contributed by atoms with Gasteiger partial charge in [0, 0.05) is 42.2 Å². The molecule has 1 unspecified atom stereocenters. The zero-order chi connectivity index (χ0) is 25.9. The Morgan fingerprint density at radius 1 is 1.14 bits per heavy atom. The third-order valence-electron chi connectivity index (χ3n) is 6.46. The van der Waals surface area contributed by atoms with Crippen molar-refractivity contribution in [3.63, 3.8) is 0 Å². The molecule has 0 bridgehead atoms. The molecule has 1 saturated heterocycles. The van der Waals surface area contributed by atoms with Crippen LogP contribution in [0, 0.1) is 0 Å². The molecule has 2 aromatic carbocycles. The Morgan fingerprint density at radius 2 is 1.86 bits per heavy atom. The van der Waals surface area contributed by atoms with E-state index in [2.05, 4.69) is 15.0 Å². The zero-order valence-electron chi connectivity index (χ0n) is 19.3. The maximum atomic E-state index is 15.6. The zero-order valence-corrected chi connectivity index (χ0v) is 21.0. The molecule has 3 aromatic rings. The number of rotatable bonds is 5. The molecule has 1 aromatic heterocycles. The number of nitrogens with zero attached hydrogens (tertiary/aromatic N) is 1. The molecule has 2 aliphatic rings. The molecule has 2 aliphatic heterocycles. The second-order valence-electron chi connectivity index (χ2n) is 9.63. The summed E-state index contributed by atoms with van der Waals surface area (Å²) in [5, 5.41) is 4.66. The van der Waals surface area contributed by atoms with Gasteiger partial charge in [-0.2, -0.15) is 13.2 Å². The summed E-state index contributed by atoms with van der Waals surface area (Å²) >= 11 is 1.13. The molecule has 0 aliphatic carbocycles. The molecule has 0 radical (unpaired) electrons. The lowest BCUT2D eigenvalue weighted by Gasteiger charge is -2.42. The Labute approximate surface area is 209 Å². The standard InChI is InChI=1S/C24H23F4N3O3S2/c1-22(2)11-18(16-5-3-14(24(26,27)28)9-19(16)23(25)12-29-13-23)17-6-4-15(10-20(17)34-22)36(32,33)31-21-30-7-8-35-21/h3-10,18,29H,11-13H2,1-2H3,(H,30,31). The third kappa shape index (κ3) is 4.57. The molecule has 0 spiro atoms. The van der Waals surface area contributed by atoms with Crippen LogP contribution >= 0.6 is 11.3 Å². The van der Waals surface area contributed by atoms with Gasteiger partial charge in [0.15, 0.2) is 10.8 Å². The predicted molar refractivity (Wildman–Crippen MR) is 128 cm³/mol. The highest BCUT2D eigenvalue weighted by Gasteiger charge is 2.45. The summed E-state index contributed by atoms with van der Waals surface area (Å²) in [6.45, 7) is 3.44. The van der Waals surface area contributed by atoms with E-state index < -0.39 is 39.0 Å². The molecule has 6 nitrogen and oxygen atoms in total. The second kappa shape index (κ2) is 8.42. The molecule has 0 amide bonds. The average Bonchev–Trinajstić information content (AvgIpc) is 3.27. The first-order valence-electron chi connectivity index (χ1n) is 11.1. The van der Waals surface area contributed by atoms with Gasteiger partial charge in [0.2, 0.25) is 0 Å². The van der Waals surface area contributed by atoms with E-state index in [9.17, 15) is 21.6 Å². The van der Waals surface area contributed by atoms with Gasteiger partial charge in [-0.05, 0) is 49.6 Å². The van der Waals surface area contributed by atoms with Crippen molar-refractivity contribution in [2.75, 3.05) is 17.8 Å². The van der Waals surface area contributed by atoms with Gasteiger partial charge in [-0.25, -0.2) is 17.8 Å². The summed E-state index contributed by atoms with van der Waals surface area (Å²) in [6.07, 6.45) is -2.77. The van der Waals surface area contributed by atoms with Crippen molar-refractivity contribution in [3.05, 3.63) is 70.2 Å². The Morgan fingerprint density at radius 3 is 2.47 bits per heavy atom. The van der Waals surface area contributed by atoms with Crippen molar-refractivity contribution in [3.8, 4) is 5.75 Å². The fraction of sp³-hybridized carbons (Fsp3) is 0.375. The molecule has 1 fully saturated rings. The van der Waals surface area contributed by atoms with E-state index in [4.69, 9.17) is 4.74 Å². The lowest BCUT2D eigenvalue weighted by Crippen LogP contribution is -2.54. The van der Waals surface area contributed by atoms with Crippen LogP contribution in [0.15, 0.2) is 52.9 Å². The average molecular weight is 542 g/mol. The minimum Gasteiger partial charge on any atom is -0.487 e. The van der Waals surface area contributed by atoms with Gasteiger partial charge in [0.1, 0.15) is 11.4 Å². The quantitative estimate of drug-likeness (QED) is 0.422. The fourth-order valence-electron chi connectivity index (χ4n) is 4.68. The van der Waals surface area contributed by atoms with Crippen molar-refractivity contribution in [1.82, 2.24) is 10.3 Å². The number of sulfonamides is 1. The number of hydrogen-bond donors (Lipinski definition) is 2. The van der Waals surface area contributed by atoms with Crippen molar-refractivity contribution in [2.45, 2.75) is 48.5 Å². The first kappa shape index (κ1) is 25.0. The topological polar surface area (TPSA) is 80.3 Å². The predicted octanol–water partition coefficient (Wildman–Crippen LogP) is 5.42. The first-order valence-corrected chi connectivity index (χ1v) is 13.5. The molecule has 0 saturated carbocycles. The van der Waals surface area contributed by atoms with Crippen molar-refractivity contribution >= 4 is 26.5 Å².